The maximum Gasteiger partial charge on any atom is 0.279 e. The van der Waals surface area contributed by atoms with Crippen LogP contribution < -0.4 is 10.6 Å². The summed E-state index contributed by atoms with van der Waals surface area (Å²) < 4.78 is 0. The van der Waals surface area contributed by atoms with Crippen LogP contribution in [0.15, 0.2) is 0 Å². The van der Waals surface area contributed by atoms with Crippen LogP contribution in [0.4, 0.5) is 4.79 Å². The van der Waals surface area contributed by atoms with E-state index in [9.17, 15) is 9.59 Å². The van der Waals surface area contributed by atoms with Crippen molar-refractivity contribution < 1.29 is 9.59 Å². The monoisotopic (exact) mass is 243 g/mol. The third-order valence-corrected chi connectivity index (χ3v) is 3.99. The van der Waals surface area contributed by atoms with Crippen molar-refractivity contribution >= 4 is 22.9 Å². The van der Waals surface area contributed by atoms with Gasteiger partial charge in [-0.25, -0.2) is 0 Å². The second-order valence-corrected chi connectivity index (χ2v) is 5.20. The van der Waals surface area contributed by atoms with Gasteiger partial charge in [0.05, 0.1) is 0 Å². The highest BCUT2D eigenvalue weighted by Crippen LogP contribution is 2.17. The summed E-state index contributed by atoms with van der Waals surface area (Å²) in [5.41, 5.74) is 0. The molecule has 2 rings (SSSR count). The first kappa shape index (κ1) is 11.7. The van der Waals surface area contributed by atoms with E-state index in [1.54, 1.807) is 0 Å². The average molecular weight is 243 g/mol. The van der Waals surface area contributed by atoms with E-state index in [-0.39, 0.29) is 17.2 Å². The summed E-state index contributed by atoms with van der Waals surface area (Å²) >= 11 is 1.19. The third kappa shape index (κ3) is 2.49. The second-order valence-electron chi connectivity index (χ2n) is 4.21. The summed E-state index contributed by atoms with van der Waals surface area (Å²) in [7, 11) is 1.92. The van der Waals surface area contributed by atoms with Crippen LogP contribution in [-0.4, -0.2) is 54.0 Å². The second kappa shape index (κ2) is 5.05. The van der Waals surface area contributed by atoms with Crippen molar-refractivity contribution in [1.29, 1.82) is 0 Å². The number of carbonyl (C=O) groups is 2. The highest BCUT2D eigenvalue weighted by atomic mass is 32.2. The highest BCUT2D eigenvalue weighted by Gasteiger charge is 2.33. The van der Waals surface area contributed by atoms with Crippen LogP contribution in [0.5, 0.6) is 0 Å². The molecule has 2 atom stereocenters. The Morgan fingerprint density at radius 3 is 3.06 bits per heavy atom. The number of nitrogens with one attached hydrogen (secondary N) is 2. The van der Waals surface area contributed by atoms with Crippen LogP contribution in [0.3, 0.4) is 0 Å². The van der Waals surface area contributed by atoms with E-state index in [0.29, 0.717) is 11.8 Å². The largest absolute Gasteiger partial charge is 0.339 e. The molecule has 2 aliphatic rings. The average Bonchev–Trinajstić information content (AvgIpc) is 2.75. The van der Waals surface area contributed by atoms with Crippen molar-refractivity contribution in [2.24, 2.45) is 0 Å². The molecular weight excluding hydrogens is 226 g/mol. The Morgan fingerprint density at radius 2 is 2.44 bits per heavy atom. The fourth-order valence-corrected chi connectivity index (χ4v) is 2.92. The zero-order valence-corrected chi connectivity index (χ0v) is 10.2. The van der Waals surface area contributed by atoms with Crippen molar-refractivity contribution in [2.75, 3.05) is 25.9 Å². The van der Waals surface area contributed by atoms with Crippen LogP contribution in [0, 0.1) is 0 Å². The smallest absolute Gasteiger partial charge is 0.279 e. The SMILES string of the molecule is CNC1CCCN(C(=O)[C@@H]2CSC(=O)N2)C1. The summed E-state index contributed by atoms with van der Waals surface area (Å²) in [4.78, 5) is 25.0. The number of nitrogens with zero attached hydrogens (tertiary/aromatic N) is 1. The van der Waals surface area contributed by atoms with Crippen molar-refractivity contribution in [3.63, 3.8) is 0 Å². The van der Waals surface area contributed by atoms with Gasteiger partial charge in [0.15, 0.2) is 0 Å². The zero-order chi connectivity index (χ0) is 11.5. The minimum atomic E-state index is -0.312. The zero-order valence-electron chi connectivity index (χ0n) is 9.36. The Morgan fingerprint density at radius 1 is 1.62 bits per heavy atom. The molecule has 90 valence electrons. The molecule has 2 saturated heterocycles. The van der Waals surface area contributed by atoms with Crippen molar-refractivity contribution in [3.8, 4) is 0 Å². The predicted octanol–water partition coefficient (Wildman–Crippen LogP) is 0.0218. The lowest BCUT2D eigenvalue weighted by Crippen LogP contribution is -2.52. The first-order chi connectivity index (χ1) is 7.70. The molecule has 0 aromatic rings. The highest BCUT2D eigenvalue weighted by molar-refractivity contribution is 8.14. The number of likely N-dealkylation sites (N-methyl/N-ethyl adjacent to an activating group) is 1. The van der Waals surface area contributed by atoms with E-state index in [2.05, 4.69) is 10.6 Å². The predicted molar refractivity (Wildman–Crippen MR) is 63.4 cm³/mol. The number of hydrogen-bond acceptors (Lipinski definition) is 4. The molecular formula is C10H17N3O2S. The van der Waals surface area contributed by atoms with Gasteiger partial charge in [-0.2, -0.15) is 0 Å². The first-order valence-corrected chi connectivity index (χ1v) is 6.58. The van der Waals surface area contributed by atoms with E-state index in [0.717, 1.165) is 25.9 Å². The Kier molecular flexibility index (Phi) is 3.70. The first-order valence-electron chi connectivity index (χ1n) is 5.60. The molecule has 0 aromatic carbocycles. The number of hydrogen-bond donors (Lipinski definition) is 2. The number of carbonyl (C=O) groups excluding carboxylic acids is 2. The molecule has 0 bridgehead atoms. The van der Waals surface area contributed by atoms with Crippen LogP contribution in [0.25, 0.3) is 0 Å². The molecule has 0 spiro atoms. The van der Waals surface area contributed by atoms with E-state index in [1.165, 1.54) is 11.8 Å². The Labute approximate surface area is 99.3 Å². The molecule has 2 heterocycles. The number of piperidine rings is 1. The van der Waals surface area contributed by atoms with Crippen LogP contribution in [0.2, 0.25) is 0 Å². The Balaban J connectivity index is 1.91. The molecule has 0 radical (unpaired) electrons. The third-order valence-electron chi connectivity index (χ3n) is 3.11. The molecule has 2 fully saturated rings. The topological polar surface area (TPSA) is 61.4 Å². The lowest BCUT2D eigenvalue weighted by molar-refractivity contribution is -0.133. The molecule has 1 unspecified atom stereocenters. The number of likely N-dealkylation sites (tertiary alicyclic amines) is 1. The number of amides is 2. The Hall–Kier alpha value is -0.750. The summed E-state index contributed by atoms with van der Waals surface area (Å²) in [6, 6.07) is 0.0792. The van der Waals surface area contributed by atoms with Gasteiger partial charge in [0.25, 0.3) is 5.24 Å². The lowest BCUT2D eigenvalue weighted by atomic mass is 10.1. The molecule has 2 amide bonds. The van der Waals surface area contributed by atoms with E-state index in [1.807, 2.05) is 11.9 Å². The summed E-state index contributed by atoms with van der Waals surface area (Å²) in [5, 5.41) is 5.82. The molecule has 0 aliphatic carbocycles. The molecule has 6 heteroatoms. The van der Waals surface area contributed by atoms with Crippen molar-refractivity contribution in [2.45, 2.75) is 24.9 Å². The summed E-state index contributed by atoms with van der Waals surface area (Å²) in [5.74, 6) is 0.636. The van der Waals surface area contributed by atoms with Gasteiger partial charge in [0.1, 0.15) is 6.04 Å². The van der Waals surface area contributed by atoms with Gasteiger partial charge in [0.2, 0.25) is 5.91 Å². The normalized spacial score (nSPS) is 30.3. The minimum absolute atomic E-state index is 0.0679. The quantitative estimate of drug-likeness (QED) is 0.718. The lowest BCUT2D eigenvalue weighted by Gasteiger charge is -2.33. The fraction of sp³-hybridized carbons (Fsp3) is 0.800. The molecule has 2 aliphatic heterocycles. The minimum Gasteiger partial charge on any atom is -0.339 e. The number of thioether (sulfide) groups is 1. The molecule has 2 N–H and O–H groups in total. The van der Waals surface area contributed by atoms with E-state index >= 15 is 0 Å². The summed E-state index contributed by atoms with van der Waals surface area (Å²) in [6.45, 7) is 1.57. The fourth-order valence-electron chi connectivity index (χ4n) is 2.15. The Bertz CT molecular complexity index is 298. The maximum absolute atomic E-state index is 12.1. The molecule has 0 aromatic heterocycles. The maximum atomic E-state index is 12.1. The van der Waals surface area contributed by atoms with Gasteiger partial charge in [0, 0.05) is 24.9 Å². The van der Waals surface area contributed by atoms with E-state index in [4.69, 9.17) is 0 Å². The van der Waals surface area contributed by atoms with Crippen LogP contribution in [-0.2, 0) is 4.79 Å². The standard InChI is InChI=1S/C10H17N3O2S/c1-11-7-3-2-4-13(5-7)9(14)8-6-16-10(15)12-8/h7-8,11H,2-6H2,1H3,(H,12,15)/t7?,8-/m0/s1. The van der Waals surface area contributed by atoms with Crippen LogP contribution in [0.1, 0.15) is 12.8 Å². The van der Waals surface area contributed by atoms with Crippen LogP contribution >= 0.6 is 11.8 Å². The van der Waals surface area contributed by atoms with Gasteiger partial charge < -0.3 is 15.5 Å². The van der Waals surface area contributed by atoms with Crippen molar-refractivity contribution in [3.05, 3.63) is 0 Å². The van der Waals surface area contributed by atoms with E-state index < -0.39 is 0 Å². The molecule has 0 saturated carbocycles. The van der Waals surface area contributed by atoms with Gasteiger partial charge in [-0.05, 0) is 19.9 Å². The van der Waals surface area contributed by atoms with Gasteiger partial charge in [-0.3, -0.25) is 9.59 Å². The molecule has 16 heavy (non-hydrogen) atoms. The van der Waals surface area contributed by atoms with Crippen molar-refractivity contribution in [1.82, 2.24) is 15.5 Å². The van der Waals surface area contributed by atoms with Gasteiger partial charge in [-0.15, -0.1) is 0 Å². The summed E-state index contributed by atoms with van der Waals surface area (Å²) in [6.07, 6.45) is 2.15. The van der Waals surface area contributed by atoms with Gasteiger partial charge in [-0.1, -0.05) is 11.8 Å². The number of rotatable bonds is 2. The molecule has 5 nitrogen and oxygen atoms in total. The van der Waals surface area contributed by atoms with Gasteiger partial charge >= 0.3 is 0 Å².